The molecule has 1 aromatic rings. The van der Waals surface area contributed by atoms with Gasteiger partial charge in [0.05, 0.1) is 12.8 Å². The van der Waals surface area contributed by atoms with Crippen LogP contribution in [0.25, 0.3) is 0 Å². The van der Waals surface area contributed by atoms with Gasteiger partial charge >= 0.3 is 6.09 Å². The van der Waals surface area contributed by atoms with Crippen molar-refractivity contribution in [2.75, 3.05) is 13.2 Å². The second kappa shape index (κ2) is 5.86. The van der Waals surface area contributed by atoms with E-state index in [0.717, 1.165) is 19.0 Å². The van der Waals surface area contributed by atoms with Crippen molar-refractivity contribution in [3.05, 3.63) is 24.1 Å². The first-order valence-corrected chi connectivity index (χ1v) is 6.30. The predicted molar refractivity (Wildman–Crippen MR) is 66.6 cm³/mol. The average molecular weight is 268 g/mol. The number of carboxylic acid groups (broad SMARTS) is 1. The summed E-state index contributed by atoms with van der Waals surface area (Å²) in [6.45, 7) is 2.78. The van der Waals surface area contributed by atoms with E-state index < -0.39 is 11.9 Å². The molecule has 19 heavy (non-hydrogen) atoms. The van der Waals surface area contributed by atoms with E-state index in [1.54, 1.807) is 0 Å². The molecule has 0 aromatic carbocycles. The first-order valence-electron chi connectivity index (χ1n) is 6.30. The third kappa shape index (κ3) is 3.56. The van der Waals surface area contributed by atoms with Crippen molar-refractivity contribution in [3.8, 4) is 5.88 Å². The van der Waals surface area contributed by atoms with Gasteiger partial charge in [-0.15, -0.1) is 0 Å². The molecule has 0 saturated carbocycles. The van der Waals surface area contributed by atoms with Crippen molar-refractivity contribution >= 4 is 6.09 Å². The van der Waals surface area contributed by atoms with Crippen LogP contribution < -0.4 is 4.74 Å². The van der Waals surface area contributed by atoms with Gasteiger partial charge in [0, 0.05) is 24.6 Å². The molecule has 2 atom stereocenters. The summed E-state index contributed by atoms with van der Waals surface area (Å²) in [5, 5.41) is 9.07. The van der Waals surface area contributed by atoms with Crippen LogP contribution in [-0.4, -0.2) is 40.3 Å². The number of rotatable bonds is 3. The molecule has 6 heteroatoms. The van der Waals surface area contributed by atoms with Gasteiger partial charge in [0.25, 0.3) is 0 Å². The lowest BCUT2D eigenvalue weighted by molar-refractivity contribution is 0.0772. The Morgan fingerprint density at radius 1 is 1.58 bits per heavy atom. The summed E-state index contributed by atoms with van der Waals surface area (Å²) in [5.74, 6) is 0.108. The van der Waals surface area contributed by atoms with Crippen molar-refractivity contribution < 1.29 is 19.0 Å². The maximum atomic E-state index is 12.7. The highest BCUT2D eigenvalue weighted by atomic mass is 19.1. The Morgan fingerprint density at radius 2 is 2.37 bits per heavy atom. The number of pyridine rings is 1. The minimum absolute atomic E-state index is 0.0534. The van der Waals surface area contributed by atoms with E-state index >= 15 is 0 Å². The maximum Gasteiger partial charge on any atom is 0.407 e. The molecule has 2 rings (SSSR count). The highest BCUT2D eigenvalue weighted by Gasteiger charge is 2.29. The van der Waals surface area contributed by atoms with Crippen LogP contribution >= 0.6 is 0 Å². The molecule has 1 aromatic heterocycles. The van der Waals surface area contributed by atoms with Crippen molar-refractivity contribution in [2.24, 2.45) is 5.92 Å². The van der Waals surface area contributed by atoms with Crippen LogP contribution in [0.5, 0.6) is 5.88 Å². The predicted octanol–water partition coefficient (Wildman–Crippen LogP) is 2.38. The Bertz CT molecular complexity index is 438. The fourth-order valence-electron chi connectivity index (χ4n) is 2.24. The smallest absolute Gasteiger partial charge is 0.407 e. The number of nitrogens with zero attached hydrogens (tertiary/aromatic N) is 2. The van der Waals surface area contributed by atoms with Gasteiger partial charge in [-0.2, -0.15) is 0 Å². The summed E-state index contributed by atoms with van der Waals surface area (Å²) in [6, 6.07) is 2.81. The van der Waals surface area contributed by atoms with Crippen molar-refractivity contribution in [1.82, 2.24) is 9.88 Å². The van der Waals surface area contributed by atoms with E-state index in [-0.39, 0.29) is 12.0 Å². The summed E-state index contributed by atoms with van der Waals surface area (Å²) in [4.78, 5) is 16.3. The number of hydrogen-bond donors (Lipinski definition) is 1. The summed E-state index contributed by atoms with van der Waals surface area (Å²) < 4.78 is 18.1. The summed E-state index contributed by atoms with van der Waals surface area (Å²) in [6.07, 6.45) is 1.96. The molecule has 104 valence electrons. The lowest BCUT2D eigenvalue weighted by Gasteiger charge is -2.35. The Balaban J connectivity index is 1.86. The van der Waals surface area contributed by atoms with Crippen LogP contribution in [0.15, 0.2) is 18.3 Å². The molecule has 0 radical (unpaired) electrons. The van der Waals surface area contributed by atoms with Crippen LogP contribution in [0, 0.1) is 11.7 Å². The lowest BCUT2D eigenvalue weighted by Crippen LogP contribution is -2.46. The van der Waals surface area contributed by atoms with Gasteiger partial charge in [-0.1, -0.05) is 0 Å². The topological polar surface area (TPSA) is 62.7 Å². The normalized spacial score (nSPS) is 23.2. The molecule has 5 nitrogen and oxygen atoms in total. The Labute approximate surface area is 111 Å². The Kier molecular flexibility index (Phi) is 4.19. The maximum absolute atomic E-state index is 12.7. The molecule has 0 aliphatic carbocycles. The SMILES string of the molecule is C[C@@H]1CC[C@@H](COc2ccc(F)cn2)CN1C(=O)O. The zero-order valence-electron chi connectivity index (χ0n) is 10.8. The van der Waals surface area contributed by atoms with Crippen molar-refractivity contribution in [3.63, 3.8) is 0 Å². The van der Waals surface area contributed by atoms with E-state index in [0.29, 0.717) is 19.0 Å². The van der Waals surface area contributed by atoms with Gasteiger partial charge in [-0.05, 0) is 25.8 Å². The van der Waals surface area contributed by atoms with E-state index in [2.05, 4.69) is 4.98 Å². The summed E-state index contributed by atoms with van der Waals surface area (Å²) in [5.41, 5.74) is 0. The minimum atomic E-state index is -0.892. The number of halogens is 1. The zero-order chi connectivity index (χ0) is 13.8. The number of amides is 1. The van der Waals surface area contributed by atoms with Crippen LogP contribution in [0.2, 0.25) is 0 Å². The summed E-state index contributed by atoms with van der Waals surface area (Å²) >= 11 is 0. The number of carbonyl (C=O) groups is 1. The molecular formula is C13H17FN2O3. The highest BCUT2D eigenvalue weighted by molar-refractivity contribution is 5.65. The van der Waals surface area contributed by atoms with Gasteiger partial charge in [-0.3, -0.25) is 0 Å². The first-order chi connectivity index (χ1) is 9.06. The number of piperidine rings is 1. The number of ether oxygens (including phenoxy) is 1. The van der Waals surface area contributed by atoms with Gasteiger partial charge in [-0.25, -0.2) is 14.2 Å². The molecule has 1 saturated heterocycles. The van der Waals surface area contributed by atoms with Crippen LogP contribution in [-0.2, 0) is 0 Å². The van der Waals surface area contributed by atoms with Gasteiger partial charge in [0.2, 0.25) is 5.88 Å². The standard InChI is InChI=1S/C13H17FN2O3/c1-9-2-3-10(7-16(9)13(17)18)8-19-12-5-4-11(14)6-15-12/h4-6,9-10H,2-3,7-8H2,1H3,(H,17,18)/t9-,10-/m1/s1. The molecule has 1 amide bonds. The molecule has 1 aliphatic heterocycles. The third-order valence-corrected chi connectivity index (χ3v) is 3.39. The quantitative estimate of drug-likeness (QED) is 0.914. The zero-order valence-corrected chi connectivity index (χ0v) is 10.8. The van der Waals surface area contributed by atoms with Crippen LogP contribution in [0.4, 0.5) is 9.18 Å². The molecule has 0 spiro atoms. The molecule has 0 unspecified atom stereocenters. The monoisotopic (exact) mass is 268 g/mol. The van der Waals surface area contributed by atoms with Crippen LogP contribution in [0.3, 0.4) is 0 Å². The Morgan fingerprint density at radius 3 is 3.00 bits per heavy atom. The average Bonchev–Trinajstić information content (AvgIpc) is 2.39. The lowest BCUT2D eigenvalue weighted by atomic mass is 9.94. The van der Waals surface area contributed by atoms with Crippen molar-refractivity contribution in [1.29, 1.82) is 0 Å². The van der Waals surface area contributed by atoms with E-state index in [9.17, 15) is 9.18 Å². The van der Waals surface area contributed by atoms with Gasteiger partial charge in [0.15, 0.2) is 0 Å². The number of hydrogen-bond acceptors (Lipinski definition) is 3. The van der Waals surface area contributed by atoms with E-state index in [1.807, 2.05) is 6.92 Å². The first kappa shape index (κ1) is 13.6. The molecular weight excluding hydrogens is 251 g/mol. The second-order valence-corrected chi connectivity index (χ2v) is 4.85. The van der Waals surface area contributed by atoms with E-state index in [4.69, 9.17) is 9.84 Å². The number of aromatic nitrogens is 1. The molecule has 1 fully saturated rings. The number of likely N-dealkylation sites (tertiary alicyclic amines) is 1. The molecule has 2 heterocycles. The second-order valence-electron chi connectivity index (χ2n) is 4.85. The Hall–Kier alpha value is -1.85. The summed E-state index contributed by atoms with van der Waals surface area (Å²) in [7, 11) is 0. The largest absolute Gasteiger partial charge is 0.477 e. The fourth-order valence-corrected chi connectivity index (χ4v) is 2.24. The van der Waals surface area contributed by atoms with Crippen LogP contribution in [0.1, 0.15) is 19.8 Å². The molecule has 0 bridgehead atoms. The van der Waals surface area contributed by atoms with Gasteiger partial charge < -0.3 is 14.7 Å². The van der Waals surface area contributed by atoms with Gasteiger partial charge in [0.1, 0.15) is 5.82 Å². The van der Waals surface area contributed by atoms with Crippen molar-refractivity contribution in [2.45, 2.75) is 25.8 Å². The molecule has 1 aliphatic rings. The molecule has 1 N–H and O–H groups in total. The minimum Gasteiger partial charge on any atom is -0.477 e. The van der Waals surface area contributed by atoms with E-state index in [1.165, 1.54) is 17.0 Å². The fraction of sp³-hybridized carbons (Fsp3) is 0.538. The third-order valence-electron chi connectivity index (χ3n) is 3.39. The highest BCUT2D eigenvalue weighted by Crippen LogP contribution is 2.22.